The van der Waals surface area contributed by atoms with Crippen molar-refractivity contribution in [3.05, 3.63) is 65.7 Å². The molecule has 5 heteroatoms. The van der Waals surface area contributed by atoms with E-state index in [9.17, 15) is 9.59 Å². The number of carbonyl (C=O) groups excluding carboxylic acids is 2. The molecule has 1 saturated heterocycles. The molecule has 0 aliphatic carbocycles. The van der Waals surface area contributed by atoms with Crippen LogP contribution in [-0.2, 0) is 16.1 Å². The van der Waals surface area contributed by atoms with Gasteiger partial charge in [0.1, 0.15) is 18.4 Å². The molecular weight excluding hydrogens is 318 g/mol. The Bertz CT molecular complexity index is 759. The van der Waals surface area contributed by atoms with Crippen molar-refractivity contribution in [3.63, 3.8) is 0 Å². The van der Waals surface area contributed by atoms with Crippen LogP contribution in [0.15, 0.2) is 54.6 Å². The molecule has 2 aromatic carbocycles. The lowest BCUT2D eigenvalue weighted by molar-refractivity contribution is -0.811. The van der Waals surface area contributed by atoms with Gasteiger partial charge in [-0.3, -0.25) is 0 Å². The van der Waals surface area contributed by atoms with Gasteiger partial charge in [-0.1, -0.05) is 42.5 Å². The van der Waals surface area contributed by atoms with Crippen LogP contribution in [0.4, 0.5) is 4.79 Å². The Morgan fingerprint density at radius 1 is 1.16 bits per heavy atom. The van der Waals surface area contributed by atoms with E-state index in [0.29, 0.717) is 18.8 Å². The number of cyclic esters (lactones) is 1. The zero-order valence-electron chi connectivity index (χ0n) is 14.4. The second kappa shape index (κ2) is 7.07. The monoisotopic (exact) mass is 340 g/mol. The van der Waals surface area contributed by atoms with Gasteiger partial charge in [-0.15, -0.1) is 0 Å². The summed E-state index contributed by atoms with van der Waals surface area (Å²) in [6, 6.07) is 16.7. The van der Waals surface area contributed by atoms with Crippen molar-refractivity contribution in [1.82, 2.24) is 0 Å². The minimum Gasteiger partial charge on any atom is -0.488 e. The summed E-state index contributed by atoms with van der Waals surface area (Å²) in [6.07, 6.45) is 0.186. The third-order valence-electron chi connectivity index (χ3n) is 4.74. The van der Waals surface area contributed by atoms with Crippen molar-refractivity contribution in [3.8, 4) is 5.75 Å². The smallest absolute Gasteiger partial charge is 0.488 e. The highest BCUT2D eigenvalue weighted by Gasteiger charge is 2.56. The number of imide groups is 1. The van der Waals surface area contributed by atoms with E-state index in [0.717, 1.165) is 11.1 Å². The van der Waals surface area contributed by atoms with Crippen LogP contribution in [0, 0.1) is 0 Å². The summed E-state index contributed by atoms with van der Waals surface area (Å²) in [5, 5.41) is 0. The predicted molar refractivity (Wildman–Crippen MR) is 92.8 cm³/mol. The van der Waals surface area contributed by atoms with Gasteiger partial charge in [0.25, 0.3) is 0 Å². The summed E-state index contributed by atoms with van der Waals surface area (Å²) in [5.74, 6) is 0.666. The Hall–Kier alpha value is -2.66. The van der Waals surface area contributed by atoms with E-state index in [2.05, 4.69) is 0 Å². The number of rotatable bonds is 6. The second-order valence-corrected chi connectivity index (χ2v) is 6.44. The summed E-state index contributed by atoms with van der Waals surface area (Å²) < 4.78 is 10.9. The molecule has 1 aliphatic rings. The minimum absolute atomic E-state index is 0.168. The summed E-state index contributed by atoms with van der Waals surface area (Å²) in [7, 11) is 0. The topological polar surface area (TPSA) is 52.6 Å². The lowest BCUT2D eigenvalue weighted by atomic mass is 10.0. The Morgan fingerprint density at radius 3 is 2.52 bits per heavy atom. The fourth-order valence-corrected chi connectivity index (χ4v) is 3.26. The van der Waals surface area contributed by atoms with Gasteiger partial charge in [0.2, 0.25) is 0 Å². The number of ether oxygens (including phenoxy) is 2. The van der Waals surface area contributed by atoms with Crippen molar-refractivity contribution < 1.29 is 23.5 Å². The van der Waals surface area contributed by atoms with Gasteiger partial charge in [-0.25, -0.2) is 4.79 Å². The minimum atomic E-state index is -0.507. The first-order valence-electron chi connectivity index (χ1n) is 8.37. The van der Waals surface area contributed by atoms with Gasteiger partial charge < -0.3 is 9.47 Å². The zero-order chi connectivity index (χ0) is 17.9. The molecule has 0 spiro atoms. The van der Waals surface area contributed by atoms with E-state index < -0.39 is 12.1 Å². The average Bonchev–Trinajstić information content (AvgIpc) is 2.98. The quantitative estimate of drug-likeness (QED) is 0.592. The predicted octanol–water partition coefficient (Wildman–Crippen LogP) is 3.84. The Labute approximate surface area is 147 Å². The first-order chi connectivity index (χ1) is 12.1. The highest BCUT2D eigenvalue weighted by Crippen LogP contribution is 2.40. The van der Waals surface area contributed by atoms with E-state index in [1.165, 1.54) is 0 Å². The van der Waals surface area contributed by atoms with E-state index in [1.54, 1.807) is 0 Å². The average molecular weight is 340 g/mol. The third kappa shape index (κ3) is 3.03. The molecule has 3 rings (SSSR count). The van der Waals surface area contributed by atoms with Gasteiger partial charge in [-0.2, -0.15) is 9.28 Å². The molecule has 1 aliphatic heterocycles. The first-order valence-corrected chi connectivity index (χ1v) is 8.37. The number of hydrogen-bond donors (Lipinski definition) is 0. The van der Waals surface area contributed by atoms with Gasteiger partial charge in [0.05, 0.1) is 5.56 Å². The molecule has 0 saturated carbocycles. The standard InChI is InChI=1S/C20H22NO4/c1-15(2)21(14-22)18(13-25-20(21)23)17-10-6-7-11-19(17)24-12-16-8-4-3-5-9-16/h3-11,14-15,18H,12-13H2,1-2H3/q+1. The number of benzene rings is 2. The van der Waals surface area contributed by atoms with E-state index in [-0.39, 0.29) is 17.1 Å². The molecule has 0 aromatic heterocycles. The summed E-state index contributed by atoms with van der Waals surface area (Å²) in [4.78, 5) is 24.2. The molecule has 2 atom stereocenters. The van der Waals surface area contributed by atoms with Crippen LogP contribution in [0.2, 0.25) is 0 Å². The van der Waals surface area contributed by atoms with Gasteiger partial charge in [-0.05, 0) is 31.5 Å². The molecule has 1 fully saturated rings. The Morgan fingerprint density at radius 2 is 1.84 bits per heavy atom. The molecule has 25 heavy (non-hydrogen) atoms. The van der Waals surface area contributed by atoms with Gasteiger partial charge in [0, 0.05) is 0 Å². The fraction of sp³-hybridized carbons (Fsp3) is 0.300. The van der Waals surface area contributed by atoms with Crippen LogP contribution in [0.5, 0.6) is 5.75 Å². The maximum atomic E-state index is 12.3. The van der Waals surface area contributed by atoms with E-state index in [1.807, 2.05) is 68.4 Å². The summed E-state index contributed by atoms with van der Waals surface area (Å²) in [5.41, 5.74) is 1.86. The highest BCUT2D eigenvalue weighted by molar-refractivity contribution is 5.71. The molecule has 2 amide bonds. The van der Waals surface area contributed by atoms with E-state index >= 15 is 0 Å². The molecular formula is C20H22NO4+. The second-order valence-electron chi connectivity index (χ2n) is 6.44. The first kappa shape index (κ1) is 17.2. The van der Waals surface area contributed by atoms with Crippen LogP contribution in [-0.4, -0.2) is 29.6 Å². The van der Waals surface area contributed by atoms with Crippen LogP contribution in [0.3, 0.4) is 0 Å². The summed E-state index contributed by atoms with van der Waals surface area (Å²) >= 11 is 0. The highest BCUT2D eigenvalue weighted by atomic mass is 16.6. The SMILES string of the molecule is CC(C)[N+]1(C=O)C(=O)OCC1c1ccccc1OCc1ccccc1. The third-order valence-corrected chi connectivity index (χ3v) is 4.74. The van der Waals surface area contributed by atoms with E-state index in [4.69, 9.17) is 9.47 Å². The van der Waals surface area contributed by atoms with Crippen molar-refractivity contribution >= 4 is 12.5 Å². The fourth-order valence-electron chi connectivity index (χ4n) is 3.26. The van der Waals surface area contributed by atoms with Crippen LogP contribution < -0.4 is 4.74 Å². The van der Waals surface area contributed by atoms with Crippen molar-refractivity contribution in [2.75, 3.05) is 6.61 Å². The van der Waals surface area contributed by atoms with Crippen LogP contribution in [0.25, 0.3) is 0 Å². The molecule has 5 nitrogen and oxygen atoms in total. The zero-order valence-corrected chi connectivity index (χ0v) is 14.4. The summed E-state index contributed by atoms with van der Waals surface area (Å²) in [6.45, 7) is 4.28. The lowest BCUT2D eigenvalue weighted by Gasteiger charge is -2.32. The maximum Gasteiger partial charge on any atom is 0.524 e. The number of carbonyl (C=O) groups is 2. The Balaban J connectivity index is 1.92. The molecule has 1 heterocycles. The number of quaternary nitrogens is 1. The normalized spacial score (nSPS) is 22.7. The Kier molecular flexibility index (Phi) is 4.86. The van der Waals surface area contributed by atoms with Crippen molar-refractivity contribution in [2.45, 2.75) is 32.5 Å². The molecule has 2 aromatic rings. The molecule has 0 bridgehead atoms. The van der Waals surface area contributed by atoms with Crippen molar-refractivity contribution in [2.24, 2.45) is 0 Å². The molecule has 2 unspecified atom stereocenters. The number of hydrogen-bond acceptors (Lipinski definition) is 4. The van der Waals surface area contributed by atoms with Crippen LogP contribution >= 0.6 is 0 Å². The number of nitrogens with zero attached hydrogens (tertiary/aromatic N) is 1. The lowest BCUT2D eigenvalue weighted by Crippen LogP contribution is -2.54. The van der Waals surface area contributed by atoms with Gasteiger partial charge >= 0.3 is 12.5 Å². The maximum absolute atomic E-state index is 12.3. The molecule has 0 N–H and O–H groups in total. The van der Waals surface area contributed by atoms with Crippen molar-refractivity contribution in [1.29, 1.82) is 0 Å². The van der Waals surface area contributed by atoms with Gasteiger partial charge in [0.15, 0.2) is 12.6 Å². The number of para-hydroxylation sites is 1. The van der Waals surface area contributed by atoms with Crippen LogP contribution in [0.1, 0.15) is 31.0 Å². The number of amides is 2. The molecule has 130 valence electrons. The largest absolute Gasteiger partial charge is 0.524 e. The molecule has 0 radical (unpaired) electrons.